The minimum absolute atomic E-state index is 0.0142. The number of aryl methyl sites for hydroxylation is 2. The molecule has 0 aliphatic carbocycles. The molecular formula is C18H21NO3. The van der Waals surface area contributed by atoms with Crippen LogP contribution in [0.5, 0.6) is 11.5 Å². The van der Waals surface area contributed by atoms with Crippen molar-refractivity contribution in [2.45, 2.75) is 20.4 Å². The molecule has 2 aromatic rings. The van der Waals surface area contributed by atoms with Gasteiger partial charge in [0.25, 0.3) is 5.91 Å². The van der Waals surface area contributed by atoms with Gasteiger partial charge >= 0.3 is 0 Å². The summed E-state index contributed by atoms with van der Waals surface area (Å²) in [6, 6.07) is 12.7. The van der Waals surface area contributed by atoms with Crippen LogP contribution in [0.3, 0.4) is 0 Å². The second-order valence-corrected chi connectivity index (χ2v) is 5.43. The summed E-state index contributed by atoms with van der Waals surface area (Å²) >= 11 is 0. The van der Waals surface area contributed by atoms with E-state index in [1.54, 1.807) is 36.2 Å². The number of nitrogens with zero attached hydrogens (tertiary/aromatic N) is 1. The maximum atomic E-state index is 12.2. The Morgan fingerprint density at radius 1 is 1.09 bits per heavy atom. The average molecular weight is 299 g/mol. The van der Waals surface area contributed by atoms with Crippen molar-refractivity contribution >= 4 is 5.91 Å². The van der Waals surface area contributed by atoms with Gasteiger partial charge in [0.05, 0.1) is 0 Å². The highest BCUT2D eigenvalue weighted by Crippen LogP contribution is 2.22. The van der Waals surface area contributed by atoms with Gasteiger partial charge in [-0.05, 0) is 42.7 Å². The van der Waals surface area contributed by atoms with Crippen LogP contribution in [-0.2, 0) is 11.3 Å². The largest absolute Gasteiger partial charge is 0.508 e. The SMILES string of the molecule is Cc1cccc(C)c1OCC(=O)N(C)Cc1ccc(O)cc1. The number of phenols is 1. The quantitative estimate of drug-likeness (QED) is 0.923. The zero-order chi connectivity index (χ0) is 16.1. The van der Waals surface area contributed by atoms with Gasteiger partial charge in [0, 0.05) is 13.6 Å². The maximum Gasteiger partial charge on any atom is 0.260 e. The average Bonchev–Trinajstić information content (AvgIpc) is 2.48. The predicted octanol–water partition coefficient (Wildman–Crippen LogP) is 3.05. The molecular weight excluding hydrogens is 278 g/mol. The molecule has 0 spiro atoms. The molecule has 0 radical (unpaired) electrons. The highest BCUT2D eigenvalue weighted by molar-refractivity contribution is 5.77. The van der Waals surface area contributed by atoms with Crippen LogP contribution in [0.1, 0.15) is 16.7 Å². The molecule has 0 aliphatic heterocycles. The van der Waals surface area contributed by atoms with Crippen molar-refractivity contribution in [2.75, 3.05) is 13.7 Å². The van der Waals surface area contributed by atoms with Gasteiger partial charge in [-0.25, -0.2) is 0 Å². The zero-order valence-corrected chi connectivity index (χ0v) is 13.2. The second-order valence-electron chi connectivity index (χ2n) is 5.43. The summed E-state index contributed by atoms with van der Waals surface area (Å²) in [4.78, 5) is 13.8. The van der Waals surface area contributed by atoms with Gasteiger partial charge in [0.1, 0.15) is 11.5 Å². The number of benzene rings is 2. The Labute approximate surface area is 131 Å². The third kappa shape index (κ3) is 4.01. The highest BCUT2D eigenvalue weighted by atomic mass is 16.5. The number of likely N-dealkylation sites (N-methyl/N-ethyl adjacent to an activating group) is 1. The van der Waals surface area contributed by atoms with Crippen molar-refractivity contribution in [3.8, 4) is 11.5 Å². The van der Waals surface area contributed by atoms with Crippen molar-refractivity contribution in [2.24, 2.45) is 0 Å². The summed E-state index contributed by atoms with van der Waals surface area (Å²) in [5.41, 5.74) is 3.00. The van der Waals surface area contributed by atoms with Gasteiger partial charge in [-0.2, -0.15) is 0 Å². The third-order valence-corrected chi connectivity index (χ3v) is 3.53. The fraction of sp³-hybridized carbons (Fsp3) is 0.278. The summed E-state index contributed by atoms with van der Waals surface area (Å²) in [6.45, 7) is 4.43. The molecule has 2 aromatic carbocycles. The highest BCUT2D eigenvalue weighted by Gasteiger charge is 2.12. The number of carbonyl (C=O) groups excluding carboxylic acids is 1. The molecule has 1 N–H and O–H groups in total. The monoisotopic (exact) mass is 299 g/mol. The molecule has 0 aliphatic rings. The first-order valence-corrected chi connectivity index (χ1v) is 7.18. The van der Waals surface area contributed by atoms with Gasteiger partial charge in [-0.3, -0.25) is 4.79 Å². The standard InChI is InChI=1S/C18H21NO3/c1-13-5-4-6-14(2)18(13)22-12-17(21)19(3)11-15-7-9-16(20)10-8-15/h4-10,20H,11-12H2,1-3H3. The van der Waals surface area contributed by atoms with E-state index in [-0.39, 0.29) is 18.3 Å². The van der Waals surface area contributed by atoms with Crippen molar-refractivity contribution in [1.82, 2.24) is 4.90 Å². The first kappa shape index (κ1) is 15.9. The molecule has 0 atom stereocenters. The van der Waals surface area contributed by atoms with Crippen LogP contribution in [0, 0.1) is 13.8 Å². The van der Waals surface area contributed by atoms with Gasteiger partial charge < -0.3 is 14.7 Å². The van der Waals surface area contributed by atoms with Crippen molar-refractivity contribution in [3.63, 3.8) is 0 Å². The number of aromatic hydroxyl groups is 1. The number of carbonyl (C=O) groups is 1. The molecule has 1 amide bonds. The number of hydrogen-bond acceptors (Lipinski definition) is 3. The van der Waals surface area contributed by atoms with Gasteiger partial charge in [0.2, 0.25) is 0 Å². The normalized spacial score (nSPS) is 10.3. The van der Waals surface area contributed by atoms with Crippen LogP contribution in [0.25, 0.3) is 0 Å². The van der Waals surface area contributed by atoms with Crippen LogP contribution in [0.2, 0.25) is 0 Å². The maximum absolute atomic E-state index is 12.2. The van der Waals surface area contributed by atoms with E-state index >= 15 is 0 Å². The van der Waals surface area contributed by atoms with Crippen LogP contribution in [0.4, 0.5) is 0 Å². The summed E-state index contributed by atoms with van der Waals surface area (Å²) in [5.74, 6) is 0.903. The molecule has 116 valence electrons. The Balaban J connectivity index is 1.93. The molecule has 0 saturated heterocycles. The molecule has 0 saturated carbocycles. The van der Waals surface area contributed by atoms with Crippen molar-refractivity contribution in [1.29, 1.82) is 0 Å². The second kappa shape index (κ2) is 6.98. The first-order chi connectivity index (χ1) is 10.5. The van der Waals surface area contributed by atoms with Crippen LogP contribution in [0.15, 0.2) is 42.5 Å². The summed E-state index contributed by atoms with van der Waals surface area (Å²) in [6.07, 6.45) is 0. The van der Waals surface area contributed by atoms with E-state index in [0.29, 0.717) is 6.54 Å². The van der Waals surface area contributed by atoms with E-state index in [1.807, 2.05) is 32.0 Å². The Hall–Kier alpha value is -2.49. The lowest BCUT2D eigenvalue weighted by Gasteiger charge is -2.18. The fourth-order valence-electron chi connectivity index (χ4n) is 2.23. The van der Waals surface area contributed by atoms with Gasteiger partial charge in [0.15, 0.2) is 6.61 Å². The predicted molar refractivity (Wildman–Crippen MR) is 86.0 cm³/mol. The Morgan fingerprint density at radius 2 is 1.68 bits per heavy atom. The number of phenolic OH excluding ortho intramolecular Hbond substituents is 1. The molecule has 4 heteroatoms. The molecule has 0 bridgehead atoms. The van der Waals surface area contributed by atoms with Crippen molar-refractivity contribution in [3.05, 3.63) is 59.2 Å². The summed E-state index contributed by atoms with van der Waals surface area (Å²) < 4.78 is 5.68. The van der Waals surface area contributed by atoms with E-state index in [2.05, 4.69) is 0 Å². The number of amides is 1. The Bertz CT molecular complexity index is 630. The molecule has 22 heavy (non-hydrogen) atoms. The van der Waals surface area contributed by atoms with Gasteiger partial charge in [-0.1, -0.05) is 30.3 Å². The smallest absolute Gasteiger partial charge is 0.260 e. The van der Waals surface area contributed by atoms with E-state index in [9.17, 15) is 9.90 Å². The van der Waals surface area contributed by atoms with Crippen LogP contribution in [-0.4, -0.2) is 29.6 Å². The van der Waals surface area contributed by atoms with Gasteiger partial charge in [-0.15, -0.1) is 0 Å². The lowest BCUT2D eigenvalue weighted by atomic mass is 10.1. The first-order valence-electron chi connectivity index (χ1n) is 7.18. The van der Waals surface area contributed by atoms with E-state index in [1.165, 1.54) is 0 Å². The number of hydrogen-bond donors (Lipinski definition) is 1. The number of para-hydroxylation sites is 1. The molecule has 0 aromatic heterocycles. The molecule has 0 unspecified atom stereocenters. The topological polar surface area (TPSA) is 49.8 Å². The van der Waals surface area contributed by atoms with E-state index < -0.39 is 0 Å². The van der Waals surface area contributed by atoms with E-state index in [4.69, 9.17) is 4.74 Å². The molecule has 2 rings (SSSR count). The lowest BCUT2D eigenvalue weighted by molar-refractivity contribution is -0.132. The summed E-state index contributed by atoms with van der Waals surface area (Å²) in [7, 11) is 1.74. The fourth-order valence-corrected chi connectivity index (χ4v) is 2.23. The minimum Gasteiger partial charge on any atom is -0.508 e. The number of ether oxygens (including phenoxy) is 1. The summed E-state index contributed by atoms with van der Waals surface area (Å²) in [5, 5.41) is 9.26. The van der Waals surface area contributed by atoms with Crippen LogP contribution >= 0.6 is 0 Å². The van der Waals surface area contributed by atoms with Crippen LogP contribution < -0.4 is 4.74 Å². The molecule has 0 fully saturated rings. The Kier molecular flexibility index (Phi) is 5.04. The number of rotatable bonds is 5. The van der Waals surface area contributed by atoms with Crippen molar-refractivity contribution < 1.29 is 14.6 Å². The minimum atomic E-state index is -0.0873. The lowest BCUT2D eigenvalue weighted by Crippen LogP contribution is -2.31. The van der Waals surface area contributed by atoms with E-state index in [0.717, 1.165) is 22.4 Å². The third-order valence-electron chi connectivity index (χ3n) is 3.53. The Morgan fingerprint density at radius 3 is 2.27 bits per heavy atom. The molecule has 4 nitrogen and oxygen atoms in total. The molecule has 0 heterocycles. The zero-order valence-electron chi connectivity index (χ0n) is 13.2.